The average molecular weight is 435 g/mol. The minimum absolute atomic E-state index is 0.143. The molecule has 0 bridgehead atoms. The lowest BCUT2D eigenvalue weighted by Crippen LogP contribution is -2.06. The van der Waals surface area contributed by atoms with E-state index in [1.807, 2.05) is 13.0 Å². The van der Waals surface area contributed by atoms with Crippen molar-refractivity contribution in [1.29, 1.82) is 5.26 Å². The Hall–Kier alpha value is -4.05. The van der Waals surface area contributed by atoms with Gasteiger partial charge in [-0.05, 0) is 60.9 Å². The molecule has 0 radical (unpaired) electrons. The van der Waals surface area contributed by atoms with Crippen LogP contribution in [0, 0.1) is 11.3 Å². The fraction of sp³-hybridized carbons (Fsp3) is 0.240. The van der Waals surface area contributed by atoms with E-state index in [0.29, 0.717) is 23.7 Å². The third-order valence-corrected chi connectivity index (χ3v) is 4.06. The largest absolute Gasteiger partial charge is 0.493 e. The Labute approximate surface area is 187 Å². The highest BCUT2D eigenvalue weighted by Crippen LogP contribution is 2.28. The number of nitrogens with zero attached hydrogens (tertiary/aromatic N) is 1. The van der Waals surface area contributed by atoms with Gasteiger partial charge in [-0.3, -0.25) is 0 Å². The minimum Gasteiger partial charge on any atom is -0.493 e. The molecule has 0 unspecified atom stereocenters. The maximum Gasteiger partial charge on any atom is 0.348 e. The van der Waals surface area contributed by atoms with Gasteiger partial charge in [-0.15, -0.1) is 0 Å². The summed E-state index contributed by atoms with van der Waals surface area (Å²) >= 11 is 0. The number of benzene rings is 2. The summed E-state index contributed by atoms with van der Waals surface area (Å²) in [6, 6.07) is 13.6. The van der Waals surface area contributed by atoms with E-state index in [1.165, 1.54) is 12.2 Å². The van der Waals surface area contributed by atoms with Crippen LogP contribution in [0.4, 0.5) is 0 Å². The van der Waals surface area contributed by atoms with Crippen LogP contribution in [0.25, 0.3) is 12.2 Å². The first-order valence-electron chi connectivity index (χ1n) is 10.1. The lowest BCUT2D eigenvalue weighted by atomic mass is 10.1. The Morgan fingerprint density at radius 3 is 2.56 bits per heavy atom. The Bertz CT molecular complexity index is 1050. The molecule has 0 atom stereocenters. The molecule has 0 aliphatic rings. The van der Waals surface area contributed by atoms with E-state index in [-0.39, 0.29) is 17.9 Å². The zero-order chi connectivity index (χ0) is 23.3. The quantitative estimate of drug-likeness (QED) is 0.233. The van der Waals surface area contributed by atoms with Crippen molar-refractivity contribution in [2.24, 2.45) is 0 Å². The summed E-state index contributed by atoms with van der Waals surface area (Å²) in [6.07, 6.45) is 5.16. The predicted molar refractivity (Wildman–Crippen MR) is 120 cm³/mol. The van der Waals surface area contributed by atoms with Crippen LogP contribution in [0.1, 0.15) is 31.4 Å². The normalized spacial score (nSPS) is 11.0. The van der Waals surface area contributed by atoms with Crippen molar-refractivity contribution in [3.63, 3.8) is 0 Å². The maximum atomic E-state index is 12.2. The van der Waals surface area contributed by atoms with Crippen LogP contribution in [-0.4, -0.2) is 32.3 Å². The Morgan fingerprint density at radius 2 is 1.88 bits per heavy atom. The molecule has 166 valence electrons. The summed E-state index contributed by atoms with van der Waals surface area (Å²) in [5.41, 5.74) is 1.12. The van der Waals surface area contributed by atoms with Gasteiger partial charge in [0.15, 0.2) is 11.5 Å². The Morgan fingerprint density at radius 1 is 1.06 bits per heavy atom. The number of nitriles is 1. The van der Waals surface area contributed by atoms with Crippen molar-refractivity contribution in [3.8, 4) is 23.3 Å². The van der Waals surface area contributed by atoms with Gasteiger partial charge in [0.2, 0.25) is 0 Å². The fourth-order valence-electron chi connectivity index (χ4n) is 2.61. The molecule has 2 rings (SSSR count). The molecular formula is C25H25NO6. The molecule has 7 heteroatoms. The number of carbonyl (C=O) groups is 2. The number of hydrogen-bond donors (Lipinski definition) is 0. The second kappa shape index (κ2) is 12.6. The van der Waals surface area contributed by atoms with Gasteiger partial charge in [-0.25, -0.2) is 9.59 Å². The second-order valence-electron chi connectivity index (χ2n) is 6.48. The molecule has 0 amide bonds. The van der Waals surface area contributed by atoms with Crippen LogP contribution in [-0.2, 0) is 14.3 Å². The zero-order valence-corrected chi connectivity index (χ0v) is 18.3. The molecule has 0 aliphatic carbocycles. The molecular weight excluding hydrogens is 410 g/mol. The predicted octanol–water partition coefficient (Wildman–Crippen LogP) is 4.57. The number of methoxy groups -OCH3 is 1. The van der Waals surface area contributed by atoms with Crippen LogP contribution in [0.3, 0.4) is 0 Å². The van der Waals surface area contributed by atoms with E-state index in [4.69, 9.17) is 24.2 Å². The molecule has 0 aromatic heterocycles. The molecule has 0 heterocycles. The fourth-order valence-corrected chi connectivity index (χ4v) is 2.61. The average Bonchev–Trinajstić information content (AvgIpc) is 2.80. The standard InChI is InChI=1S/C25H25NO6/c1-4-13-31-22-11-9-18(16-23(22)29-3)10-12-24(27)32-21-8-6-7-19(15-21)14-20(17-26)25(28)30-5-2/h6-12,14-16H,4-5,13H2,1-3H3/b12-10+,20-14+. The smallest absolute Gasteiger partial charge is 0.348 e. The lowest BCUT2D eigenvalue weighted by molar-refractivity contribution is -0.138. The van der Waals surface area contributed by atoms with Gasteiger partial charge < -0.3 is 18.9 Å². The summed E-state index contributed by atoms with van der Waals surface area (Å²) in [4.78, 5) is 24.0. The van der Waals surface area contributed by atoms with Gasteiger partial charge >= 0.3 is 11.9 Å². The maximum absolute atomic E-state index is 12.2. The van der Waals surface area contributed by atoms with Gasteiger partial charge in [0.1, 0.15) is 17.4 Å². The summed E-state index contributed by atoms with van der Waals surface area (Å²) in [6.45, 7) is 4.43. The molecule has 0 N–H and O–H groups in total. The number of carbonyl (C=O) groups excluding carboxylic acids is 2. The van der Waals surface area contributed by atoms with Gasteiger partial charge in [-0.1, -0.05) is 25.1 Å². The van der Waals surface area contributed by atoms with Gasteiger partial charge in [0, 0.05) is 6.08 Å². The number of ether oxygens (including phenoxy) is 4. The molecule has 7 nitrogen and oxygen atoms in total. The van der Waals surface area contributed by atoms with E-state index < -0.39 is 11.9 Å². The van der Waals surface area contributed by atoms with E-state index in [1.54, 1.807) is 62.6 Å². The SMILES string of the molecule is CCCOc1ccc(/C=C/C(=O)Oc2cccc(/C=C(\C#N)C(=O)OCC)c2)cc1OC. The topological polar surface area (TPSA) is 94.9 Å². The third kappa shape index (κ3) is 7.33. The minimum atomic E-state index is -0.707. The van der Waals surface area contributed by atoms with Crippen molar-refractivity contribution in [1.82, 2.24) is 0 Å². The summed E-state index contributed by atoms with van der Waals surface area (Å²) in [5, 5.41) is 9.14. The highest BCUT2D eigenvalue weighted by Gasteiger charge is 2.10. The zero-order valence-electron chi connectivity index (χ0n) is 18.3. The molecule has 0 saturated heterocycles. The van der Waals surface area contributed by atoms with Crippen LogP contribution < -0.4 is 14.2 Å². The first-order chi connectivity index (χ1) is 15.5. The molecule has 0 saturated carbocycles. The lowest BCUT2D eigenvalue weighted by Gasteiger charge is -2.10. The first kappa shape index (κ1) is 24.2. The van der Waals surface area contributed by atoms with Crippen molar-refractivity contribution in [3.05, 3.63) is 65.2 Å². The molecule has 32 heavy (non-hydrogen) atoms. The third-order valence-electron chi connectivity index (χ3n) is 4.06. The summed E-state index contributed by atoms with van der Waals surface area (Å²) in [5.74, 6) is 0.196. The summed E-state index contributed by atoms with van der Waals surface area (Å²) in [7, 11) is 1.55. The van der Waals surface area contributed by atoms with Gasteiger partial charge in [0.25, 0.3) is 0 Å². The second-order valence-corrected chi connectivity index (χ2v) is 6.48. The van der Waals surface area contributed by atoms with Crippen LogP contribution in [0.5, 0.6) is 17.2 Å². The van der Waals surface area contributed by atoms with Crippen molar-refractivity contribution < 1.29 is 28.5 Å². The number of esters is 2. The Balaban J connectivity index is 2.09. The van der Waals surface area contributed by atoms with Crippen LogP contribution >= 0.6 is 0 Å². The summed E-state index contributed by atoms with van der Waals surface area (Å²) < 4.78 is 21.1. The van der Waals surface area contributed by atoms with Crippen molar-refractivity contribution >= 4 is 24.1 Å². The molecule has 0 spiro atoms. The van der Waals surface area contributed by atoms with Gasteiger partial charge in [-0.2, -0.15) is 5.26 Å². The highest BCUT2D eigenvalue weighted by atomic mass is 16.5. The monoisotopic (exact) mass is 435 g/mol. The van der Waals surface area contributed by atoms with Gasteiger partial charge in [0.05, 0.1) is 20.3 Å². The number of rotatable bonds is 10. The molecule has 2 aromatic rings. The highest BCUT2D eigenvalue weighted by molar-refractivity contribution is 5.98. The van der Waals surface area contributed by atoms with E-state index in [2.05, 4.69) is 0 Å². The van der Waals surface area contributed by atoms with Crippen molar-refractivity contribution in [2.75, 3.05) is 20.3 Å². The molecule has 2 aromatic carbocycles. The molecule has 0 fully saturated rings. The molecule has 0 aliphatic heterocycles. The first-order valence-corrected chi connectivity index (χ1v) is 10.1. The van der Waals surface area contributed by atoms with Crippen LogP contribution in [0.15, 0.2) is 54.1 Å². The Kier molecular flexibility index (Phi) is 9.54. The van der Waals surface area contributed by atoms with Crippen LogP contribution in [0.2, 0.25) is 0 Å². The van der Waals surface area contributed by atoms with Crippen molar-refractivity contribution in [2.45, 2.75) is 20.3 Å². The number of hydrogen-bond acceptors (Lipinski definition) is 7. The van der Waals surface area contributed by atoms with E-state index in [9.17, 15) is 9.59 Å². The van der Waals surface area contributed by atoms with E-state index >= 15 is 0 Å². The van der Waals surface area contributed by atoms with E-state index in [0.717, 1.165) is 12.0 Å².